The van der Waals surface area contributed by atoms with Gasteiger partial charge in [-0.3, -0.25) is 9.48 Å². The highest BCUT2D eigenvalue weighted by Crippen LogP contribution is 2.34. The van der Waals surface area contributed by atoms with E-state index in [-0.39, 0.29) is 12.3 Å². The van der Waals surface area contributed by atoms with Gasteiger partial charge in [0.05, 0.1) is 19.2 Å². The first-order valence-corrected chi connectivity index (χ1v) is 7.93. The van der Waals surface area contributed by atoms with Crippen LogP contribution in [-0.4, -0.2) is 20.9 Å². The highest BCUT2D eigenvalue weighted by Gasteiger charge is 2.25. The zero-order valence-electron chi connectivity index (χ0n) is 11.6. The maximum atomic E-state index is 11.0. The Kier molecular flexibility index (Phi) is 4.10. The van der Waals surface area contributed by atoms with Gasteiger partial charge in [-0.05, 0) is 48.4 Å². The van der Waals surface area contributed by atoms with Crippen LogP contribution in [0.25, 0.3) is 0 Å². The van der Waals surface area contributed by atoms with E-state index < -0.39 is 5.97 Å². The van der Waals surface area contributed by atoms with Gasteiger partial charge in [0.25, 0.3) is 0 Å². The first-order valence-electron chi connectivity index (χ1n) is 7.14. The van der Waals surface area contributed by atoms with E-state index in [1.54, 1.807) is 0 Å². The third-order valence-corrected chi connectivity index (χ3v) is 4.52. The zero-order valence-corrected chi connectivity index (χ0v) is 13.2. The molecule has 3 rings (SSSR count). The molecule has 1 aliphatic carbocycles. The lowest BCUT2D eigenvalue weighted by Gasteiger charge is -2.21. The van der Waals surface area contributed by atoms with E-state index in [9.17, 15) is 4.79 Å². The largest absolute Gasteiger partial charge is 0.481 e. The lowest BCUT2D eigenvalue weighted by Crippen LogP contribution is -2.15. The van der Waals surface area contributed by atoms with Crippen molar-refractivity contribution in [3.8, 4) is 0 Å². The zero-order chi connectivity index (χ0) is 14.8. The Balaban J connectivity index is 1.85. The molecule has 0 spiro atoms. The molecular weight excluding hydrogens is 332 g/mol. The monoisotopic (exact) mass is 348 g/mol. The lowest BCUT2D eigenvalue weighted by atomic mass is 9.85. The average Bonchev–Trinajstić information content (AvgIpc) is 2.83. The summed E-state index contributed by atoms with van der Waals surface area (Å²) in [6, 6.07) is 8.19. The highest BCUT2D eigenvalue weighted by molar-refractivity contribution is 9.10. The van der Waals surface area contributed by atoms with Crippen molar-refractivity contribution in [3.05, 3.63) is 51.8 Å². The average molecular weight is 349 g/mol. The number of halogens is 1. The molecule has 1 heterocycles. The van der Waals surface area contributed by atoms with Gasteiger partial charge in [-0.1, -0.05) is 28.1 Å². The number of benzene rings is 1. The van der Waals surface area contributed by atoms with Crippen molar-refractivity contribution in [2.24, 2.45) is 0 Å². The second kappa shape index (κ2) is 6.02. The summed E-state index contributed by atoms with van der Waals surface area (Å²) in [4.78, 5) is 11.0. The van der Waals surface area contributed by atoms with Gasteiger partial charge in [0.15, 0.2) is 0 Å². The van der Waals surface area contributed by atoms with Crippen LogP contribution >= 0.6 is 15.9 Å². The predicted octanol–water partition coefficient (Wildman–Crippen LogP) is 3.59. The molecule has 0 amide bonds. The van der Waals surface area contributed by atoms with Crippen molar-refractivity contribution in [2.45, 2.75) is 38.1 Å². The van der Waals surface area contributed by atoms with Gasteiger partial charge in [0.2, 0.25) is 0 Å². The van der Waals surface area contributed by atoms with Crippen LogP contribution in [0.4, 0.5) is 0 Å². The fourth-order valence-electron chi connectivity index (χ4n) is 3.08. The minimum Gasteiger partial charge on any atom is -0.481 e. The van der Waals surface area contributed by atoms with E-state index in [4.69, 9.17) is 5.11 Å². The van der Waals surface area contributed by atoms with Crippen molar-refractivity contribution in [3.63, 3.8) is 0 Å². The molecule has 1 aromatic carbocycles. The molecule has 1 unspecified atom stereocenters. The van der Waals surface area contributed by atoms with Crippen LogP contribution in [0.5, 0.6) is 0 Å². The minimum absolute atomic E-state index is 0.113. The summed E-state index contributed by atoms with van der Waals surface area (Å²) in [5.41, 5.74) is 3.52. The summed E-state index contributed by atoms with van der Waals surface area (Å²) in [6.45, 7) is 0.731. The molecule has 0 aliphatic heterocycles. The summed E-state index contributed by atoms with van der Waals surface area (Å²) in [5, 5.41) is 13.5. The molecule has 0 radical (unpaired) electrons. The number of fused-ring (bicyclic) bond motifs is 1. The molecule has 21 heavy (non-hydrogen) atoms. The summed E-state index contributed by atoms with van der Waals surface area (Å²) >= 11 is 3.48. The second-order valence-corrected chi connectivity index (χ2v) is 6.44. The smallest absolute Gasteiger partial charge is 0.303 e. The Morgan fingerprint density at radius 3 is 3.10 bits per heavy atom. The molecule has 110 valence electrons. The summed E-state index contributed by atoms with van der Waals surface area (Å²) in [6.07, 6.45) is 5.03. The maximum Gasteiger partial charge on any atom is 0.303 e. The molecule has 2 aromatic rings. The molecular formula is C16H17BrN2O2. The molecule has 0 fully saturated rings. The third-order valence-electron chi connectivity index (χ3n) is 4.03. The van der Waals surface area contributed by atoms with E-state index in [1.807, 2.05) is 23.0 Å². The van der Waals surface area contributed by atoms with Crippen LogP contribution in [0.2, 0.25) is 0 Å². The fraction of sp³-hybridized carbons (Fsp3) is 0.375. The number of nitrogens with zero attached hydrogens (tertiary/aromatic N) is 2. The fourth-order valence-corrected chi connectivity index (χ4v) is 3.52. The van der Waals surface area contributed by atoms with Crippen molar-refractivity contribution in [2.75, 3.05) is 0 Å². The molecule has 0 bridgehead atoms. The van der Waals surface area contributed by atoms with Crippen LogP contribution in [0.1, 0.15) is 42.0 Å². The highest BCUT2D eigenvalue weighted by atomic mass is 79.9. The van der Waals surface area contributed by atoms with Crippen LogP contribution in [-0.2, 0) is 17.8 Å². The standard InChI is InChI=1S/C16H17BrN2O2/c17-13-5-1-3-11(7-13)10-19-15-6-2-4-12(8-16(20)21)14(15)9-18-19/h1,3,5,7,9,12H,2,4,6,8,10H2,(H,20,21). The SMILES string of the molecule is O=C(O)CC1CCCc2c1cnn2Cc1cccc(Br)c1. The first kappa shape index (κ1) is 14.3. The van der Waals surface area contributed by atoms with E-state index in [0.29, 0.717) is 0 Å². The summed E-state index contributed by atoms with van der Waals surface area (Å²) in [7, 11) is 0. The van der Waals surface area contributed by atoms with Gasteiger partial charge in [0, 0.05) is 10.2 Å². The van der Waals surface area contributed by atoms with Gasteiger partial charge in [-0.15, -0.1) is 0 Å². The molecule has 5 heteroatoms. The molecule has 1 atom stereocenters. The predicted molar refractivity (Wildman–Crippen MR) is 83.4 cm³/mol. The van der Waals surface area contributed by atoms with Crippen LogP contribution in [0.15, 0.2) is 34.9 Å². The first-order chi connectivity index (χ1) is 10.1. The van der Waals surface area contributed by atoms with Crippen molar-refractivity contribution < 1.29 is 9.90 Å². The maximum absolute atomic E-state index is 11.0. The van der Waals surface area contributed by atoms with Crippen molar-refractivity contribution >= 4 is 21.9 Å². The topological polar surface area (TPSA) is 55.1 Å². The third kappa shape index (κ3) is 3.18. The summed E-state index contributed by atoms with van der Waals surface area (Å²) in [5.74, 6) is -0.616. The van der Waals surface area contributed by atoms with E-state index in [0.717, 1.165) is 35.8 Å². The Labute approximate surface area is 131 Å². The molecule has 0 saturated heterocycles. The van der Waals surface area contributed by atoms with Gasteiger partial charge in [0.1, 0.15) is 0 Å². The van der Waals surface area contributed by atoms with E-state index in [2.05, 4.69) is 33.2 Å². The molecule has 0 saturated carbocycles. The number of carboxylic acids is 1. The number of aromatic nitrogens is 2. The van der Waals surface area contributed by atoms with Gasteiger partial charge in [-0.2, -0.15) is 5.10 Å². The van der Waals surface area contributed by atoms with Gasteiger partial charge >= 0.3 is 5.97 Å². The Bertz CT molecular complexity index is 666. The van der Waals surface area contributed by atoms with Crippen LogP contribution in [0, 0.1) is 0 Å². The Morgan fingerprint density at radius 1 is 1.48 bits per heavy atom. The normalized spacial score (nSPS) is 17.5. The lowest BCUT2D eigenvalue weighted by molar-refractivity contribution is -0.137. The minimum atomic E-state index is -0.729. The number of aliphatic carboxylic acids is 1. The molecule has 1 aliphatic rings. The summed E-state index contributed by atoms with van der Waals surface area (Å²) < 4.78 is 3.08. The molecule has 1 aromatic heterocycles. The number of carboxylic acid groups (broad SMARTS) is 1. The Hall–Kier alpha value is -1.62. The van der Waals surface area contributed by atoms with Gasteiger partial charge in [-0.25, -0.2) is 0 Å². The van der Waals surface area contributed by atoms with Crippen molar-refractivity contribution in [1.29, 1.82) is 0 Å². The van der Waals surface area contributed by atoms with E-state index >= 15 is 0 Å². The van der Waals surface area contributed by atoms with Gasteiger partial charge < -0.3 is 5.11 Å². The van der Waals surface area contributed by atoms with Crippen LogP contribution < -0.4 is 0 Å². The van der Waals surface area contributed by atoms with Crippen LogP contribution in [0.3, 0.4) is 0 Å². The number of hydrogen-bond donors (Lipinski definition) is 1. The van der Waals surface area contributed by atoms with Crippen molar-refractivity contribution in [1.82, 2.24) is 9.78 Å². The number of rotatable bonds is 4. The van der Waals surface area contributed by atoms with E-state index in [1.165, 1.54) is 11.3 Å². The molecule has 4 nitrogen and oxygen atoms in total. The Morgan fingerprint density at radius 2 is 2.33 bits per heavy atom. The second-order valence-electron chi connectivity index (χ2n) is 5.52. The number of carbonyl (C=O) groups is 1. The quantitative estimate of drug-likeness (QED) is 0.918. The number of hydrogen-bond acceptors (Lipinski definition) is 2. The molecule has 1 N–H and O–H groups in total.